The van der Waals surface area contributed by atoms with Crippen molar-refractivity contribution in [2.24, 2.45) is 0 Å². The Bertz CT molecular complexity index is 524. The predicted molar refractivity (Wildman–Crippen MR) is 85.2 cm³/mol. The second-order valence-electron chi connectivity index (χ2n) is 5.91. The molecule has 1 heterocycles. The van der Waals surface area contributed by atoms with Gasteiger partial charge in [-0.1, -0.05) is 13.3 Å². The smallest absolute Gasteiger partial charge is 0.401 e. The summed E-state index contributed by atoms with van der Waals surface area (Å²) in [4.78, 5) is 15.3. The minimum Gasteiger partial charge on any atom is -0.494 e. The van der Waals surface area contributed by atoms with E-state index >= 15 is 0 Å². The summed E-state index contributed by atoms with van der Waals surface area (Å²) in [5.41, 5.74) is 0.530. The Kier molecular flexibility index (Phi) is 6.48. The average molecular weight is 344 g/mol. The standard InChI is InChI=1S/C17H23F3N2O2/c1-2-3-12-24-15-6-4-14(5-7-15)16(23)22-10-8-21(9-11-22)13-17(18,19)20/h4-7H,2-3,8-13H2,1H3. The minimum absolute atomic E-state index is 0.151. The number of carbonyl (C=O) groups excluding carboxylic acids is 1. The van der Waals surface area contributed by atoms with Crippen molar-refractivity contribution in [1.82, 2.24) is 9.80 Å². The molecule has 0 aromatic heterocycles. The third-order valence-electron chi connectivity index (χ3n) is 3.93. The Labute approximate surface area is 140 Å². The highest BCUT2D eigenvalue weighted by Crippen LogP contribution is 2.19. The Morgan fingerprint density at radius 2 is 1.75 bits per heavy atom. The van der Waals surface area contributed by atoms with Gasteiger partial charge in [-0.15, -0.1) is 0 Å². The molecule has 24 heavy (non-hydrogen) atoms. The first-order valence-corrected chi connectivity index (χ1v) is 8.20. The highest BCUT2D eigenvalue weighted by atomic mass is 19.4. The van der Waals surface area contributed by atoms with Gasteiger partial charge in [0.2, 0.25) is 0 Å². The van der Waals surface area contributed by atoms with E-state index in [1.807, 2.05) is 0 Å². The van der Waals surface area contributed by atoms with Gasteiger partial charge in [0.1, 0.15) is 5.75 Å². The molecule has 0 atom stereocenters. The van der Waals surface area contributed by atoms with Crippen LogP contribution < -0.4 is 4.74 Å². The molecule has 1 fully saturated rings. The number of hydrogen-bond donors (Lipinski definition) is 0. The number of alkyl halides is 3. The van der Waals surface area contributed by atoms with Crippen molar-refractivity contribution >= 4 is 5.91 Å². The number of halogens is 3. The van der Waals surface area contributed by atoms with E-state index in [-0.39, 0.29) is 19.0 Å². The first-order chi connectivity index (χ1) is 11.4. The van der Waals surface area contributed by atoms with E-state index in [0.717, 1.165) is 18.6 Å². The number of unbranched alkanes of at least 4 members (excludes halogenated alkanes) is 1. The van der Waals surface area contributed by atoms with Crippen LogP contribution >= 0.6 is 0 Å². The molecular formula is C17H23F3N2O2. The van der Waals surface area contributed by atoms with Crippen LogP contribution in [-0.2, 0) is 0 Å². The second kappa shape index (κ2) is 8.37. The van der Waals surface area contributed by atoms with Gasteiger partial charge in [-0.05, 0) is 30.7 Å². The van der Waals surface area contributed by atoms with Gasteiger partial charge in [0, 0.05) is 31.7 Å². The van der Waals surface area contributed by atoms with Crippen molar-refractivity contribution in [3.63, 3.8) is 0 Å². The number of nitrogens with zero attached hydrogens (tertiary/aromatic N) is 2. The maximum Gasteiger partial charge on any atom is 0.401 e. The van der Waals surface area contributed by atoms with Crippen LogP contribution in [0.5, 0.6) is 5.75 Å². The number of piperazine rings is 1. The summed E-state index contributed by atoms with van der Waals surface area (Å²) < 4.78 is 42.7. The number of carbonyl (C=O) groups is 1. The van der Waals surface area contributed by atoms with Crippen LogP contribution in [0.1, 0.15) is 30.1 Å². The van der Waals surface area contributed by atoms with Crippen LogP contribution in [0, 0.1) is 0 Å². The molecule has 0 bridgehead atoms. The zero-order chi connectivity index (χ0) is 17.6. The molecule has 4 nitrogen and oxygen atoms in total. The fraction of sp³-hybridized carbons (Fsp3) is 0.588. The van der Waals surface area contributed by atoms with Gasteiger partial charge in [0.05, 0.1) is 13.2 Å². The van der Waals surface area contributed by atoms with E-state index in [0.29, 0.717) is 25.3 Å². The van der Waals surface area contributed by atoms with E-state index in [1.165, 1.54) is 4.90 Å². The number of benzene rings is 1. The SMILES string of the molecule is CCCCOc1ccc(C(=O)N2CCN(CC(F)(F)F)CC2)cc1. The lowest BCUT2D eigenvalue weighted by molar-refractivity contribution is -0.148. The van der Waals surface area contributed by atoms with E-state index in [4.69, 9.17) is 4.74 Å². The molecule has 0 radical (unpaired) electrons. The summed E-state index contributed by atoms with van der Waals surface area (Å²) in [6.45, 7) is 2.91. The lowest BCUT2D eigenvalue weighted by Gasteiger charge is -2.35. The van der Waals surface area contributed by atoms with Gasteiger partial charge in [-0.2, -0.15) is 13.2 Å². The number of amides is 1. The Balaban J connectivity index is 1.84. The largest absolute Gasteiger partial charge is 0.494 e. The summed E-state index contributed by atoms with van der Waals surface area (Å²) in [6.07, 6.45) is -2.17. The van der Waals surface area contributed by atoms with Gasteiger partial charge >= 0.3 is 6.18 Å². The summed E-state index contributed by atoms with van der Waals surface area (Å²) >= 11 is 0. The molecule has 0 aliphatic carbocycles. The van der Waals surface area contributed by atoms with E-state index < -0.39 is 12.7 Å². The van der Waals surface area contributed by atoms with Crippen molar-refractivity contribution in [3.8, 4) is 5.75 Å². The Morgan fingerprint density at radius 3 is 2.29 bits per heavy atom. The lowest BCUT2D eigenvalue weighted by Crippen LogP contribution is -2.50. The zero-order valence-corrected chi connectivity index (χ0v) is 13.8. The van der Waals surface area contributed by atoms with Crippen LogP contribution in [-0.4, -0.2) is 61.2 Å². The third kappa shape index (κ3) is 5.70. The fourth-order valence-corrected chi connectivity index (χ4v) is 2.57. The van der Waals surface area contributed by atoms with Crippen LogP contribution in [0.3, 0.4) is 0 Å². The molecule has 134 valence electrons. The Morgan fingerprint density at radius 1 is 1.12 bits per heavy atom. The number of rotatable bonds is 6. The number of hydrogen-bond acceptors (Lipinski definition) is 3. The monoisotopic (exact) mass is 344 g/mol. The van der Waals surface area contributed by atoms with Crippen LogP contribution in [0.25, 0.3) is 0 Å². The second-order valence-corrected chi connectivity index (χ2v) is 5.91. The van der Waals surface area contributed by atoms with Crippen LogP contribution in [0.4, 0.5) is 13.2 Å². The average Bonchev–Trinajstić information content (AvgIpc) is 2.54. The lowest BCUT2D eigenvalue weighted by atomic mass is 10.1. The highest BCUT2D eigenvalue weighted by Gasteiger charge is 2.32. The van der Waals surface area contributed by atoms with Gasteiger partial charge in [0.15, 0.2) is 0 Å². The Hall–Kier alpha value is -1.76. The number of ether oxygens (including phenoxy) is 1. The van der Waals surface area contributed by atoms with Gasteiger partial charge in [0.25, 0.3) is 5.91 Å². The molecule has 0 N–H and O–H groups in total. The summed E-state index contributed by atoms with van der Waals surface area (Å²) in [7, 11) is 0. The fourth-order valence-electron chi connectivity index (χ4n) is 2.57. The van der Waals surface area contributed by atoms with Gasteiger partial charge in [-0.3, -0.25) is 9.69 Å². The third-order valence-corrected chi connectivity index (χ3v) is 3.93. The van der Waals surface area contributed by atoms with Crippen LogP contribution in [0.15, 0.2) is 24.3 Å². The molecule has 1 saturated heterocycles. The van der Waals surface area contributed by atoms with Crippen molar-refractivity contribution < 1.29 is 22.7 Å². The molecule has 1 aromatic carbocycles. The minimum atomic E-state index is -4.19. The van der Waals surface area contributed by atoms with Crippen molar-refractivity contribution in [1.29, 1.82) is 0 Å². The molecule has 1 amide bonds. The summed E-state index contributed by atoms with van der Waals surface area (Å²) in [6, 6.07) is 6.91. The van der Waals surface area contributed by atoms with Crippen LogP contribution in [0.2, 0.25) is 0 Å². The van der Waals surface area contributed by atoms with Crippen molar-refractivity contribution in [3.05, 3.63) is 29.8 Å². The summed E-state index contributed by atoms with van der Waals surface area (Å²) in [5.74, 6) is 0.566. The maximum atomic E-state index is 12.4. The molecule has 1 aromatic rings. The van der Waals surface area contributed by atoms with Gasteiger partial charge in [-0.25, -0.2) is 0 Å². The maximum absolute atomic E-state index is 12.4. The molecule has 0 unspecified atom stereocenters. The molecular weight excluding hydrogens is 321 g/mol. The zero-order valence-electron chi connectivity index (χ0n) is 13.8. The predicted octanol–water partition coefficient (Wildman–Crippen LogP) is 3.19. The quantitative estimate of drug-likeness (QED) is 0.743. The van der Waals surface area contributed by atoms with Crippen molar-refractivity contribution in [2.45, 2.75) is 25.9 Å². The molecule has 0 saturated carbocycles. The molecule has 2 rings (SSSR count). The van der Waals surface area contributed by atoms with Gasteiger partial charge < -0.3 is 9.64 Å². The first kappa shape index (κ1) is 18.6. The van der Waals surface area contributed by atoms with E-state index in [9.17, 15) is 18.0 Å². The molecule has 1 aliphatic heterocycles. The topological polar surface area (TPSA) is 32.8 Å². The van der Waals surface area contributed by atoms with E-state index in [1.54, 1.807) is 29.2 Å². The highest BCUT2D eigenvalue weighted by molar-refractivity contribution is 5.94. The summed E-state index contributed by atoms with van der Waals surface area (Å²) in [5, 5.41) is 0. The van der Waals surface area contributed by atoms with E-state index in [2.05, 4.69) is 6.92 Å². The molecule has 7 heteroatoms. The normalized spacial score (nSPS) is 16.2. The molecule has 0 spiro atoms. The molecule has 1 aliphatic rings. The van der Waals surface area contributed by atoms with Crippen molar-refractivity contribution in [2.75, 3.05) is 39.3 Å². The first-order valence-electron chi connectivity index (χ1n) is 8.20.